The Morgan fingerprint density at radius 2 is 1.81 bits per heavy atom. The van der Waals surface area contributed by atoms with Crippen LogP contribution in [0.1, 0.15) is 17.0 Å². The maximum Gasteiger partial charge on any atom is 0.180 e. The smallest absolute Gasteiger partial charge is 0.180 e. The highest BCUT2D eigenvalue weighted by Crippen LogP contribution is 2.24. The molecule has 6 heteroatoms. The van der Waals surface area contributed by atoms with Gasteiger partial charge in [0.25, 0.3) is 0 Å². The first-order valence-electron chi connectivity index (χ1n) is 8.33. The van der Waals surface area contributed by atoms with E-state index < -0.39 is 0 Å². The fourth-order valence-corrected chi connectivity index (χ4v) is 2.69. The molecular formula is C20H26IN3O2. The molecule has 0 aliphatic heterocycles. The first-order chi connectivity index (χ1) is 12.6. The van der Waals surface area contributed by atoms with E-state index in [0.717, 1.165) is 34.9 Å². The molecular weight excluding hydrogens is 441 g/mol. The summed E-state index contributed by atoms with van der Waals surface area (Å²) in [5.41, 5.74) is 4.17. The van der Waals surface area contributed by atoms with Gasteiger partial charge in [-0.2, -0.15) is 0 Å². The number of hydrogen-bond acceptors (Lipinski definition) is 4. The van der Waals surface area contributed by atoms with Crippen LogP contribution in [0, 0.1) is 6.92 Å². The van der Waals surface area contributed by atoms with Gasteiger partial charge in [-0.1, -0.05) is 34.7 Å². The van der Waals surface area contributed by atoms with Crippen LogP contribution in [-0.2, 0) is 13.2 Å². The number of imidazole rings is 1. The molecule has 0 aliphatic carbocycles. The van der Waals surface area contributed by atoms with Crippen molar-refractivity contribution in [1.29, 1.82) is 0 Å². The molecule has 5 nitrogen and oxygen atoms in total. The van der Waals surface area contributed by atoms with E-state index in [-0.39, 0.29) is 0 Å². The molecule has 0 bridgehead atoms. The van der Waals surface area contributed by atoms with Crippen molar-refractivity contribution in [3.05, 3.63) is 59.5 Å². The molecule has 0 atom stereocenters. The highest BCUT2D eigenvalue weighted by Gasteiger charge is 2.13. The molecule has 0 spiro atoms. The maximum absolute atomic E-state index is 6.01. The van der Waals surface area contributed by atoms with Crippen LogP contribution in [0.2, 0.25) is 0 Å². The summed E-state index contributed by atoms with van der Waals surface area (Å²) in [7, 11) is 5.78. The highest BCUT2D eigenvalue weighted by atomic mass is 127. The van der Waals surface area contributed by atoms with E-state index in [2.05, 4.69) is 46.0 Å². The summed E-state index contributed by atoms with van der Waals surface area (Å²) in [4.78, 5) is 8.81. The first-order valence-corrected chi connectivity index (χ1v) is 10.5. The van der Waals surface area contributed by atoms with Gasteiger partial charge in [0.1, 0.15) is 12.4 Å². The Morgan fingerprint density at radius 1 is 1.12 bits per heavy atom. The third-order valence-corrected chi connectivity index (χ3v) is 3.93. The zero-order valence-corrected chi connectivity index (χ0v) is 18.1. The topological polar surface area (TPSA) is 39.0 Å². The quantitative estimate of drug-likeness (QED) is 0.400. The highest BCUT2D eigenvalue weighted by molar-refractivity contribution is 14.1. The Balaban J connectivity index is 0.00000117. The number of pyridine rings is 1. The minimum Gasteiger partial charge on any atom is -0.497 e. The van der Waals surface area contributed by atoms with Gasteiger partial charge in [0.15, 0.2) is 11.4 Å². The fourth-order valence-electron chi connectivity index (χ4n) is 2.69. The number of hydrogen-bond donors (Lipinski definition) is 0. The van der Waals surface area contributed by atoms with Crippen LogP contribution >= 0.6 is 22.6 Å². The third-order valence-electron chi connectivity index (χ3n) is 3.93. The molecule has 3 rings (SSSR count). The molecule has 0 unspecified atom stereocenters. The number of fused-ring (bicyclic) bond motifs is 1. The second-order valence-corrected chi connectivity index (χ2v) is 6.08. The lowest BCUT2D eigenvalue weighted by molar-refractivity contribution is 0.307. The maximum atomic E-state index is 6.01. The lowest BCUT2D eigenvalue weighted by Gasteiger charge is -2.11. The van der Waals surface area contributed by atoms with Gasteiger partial charge in [0.2, 0.25) is 0 Å². The second-order valence-electron chi connectivity index (χ2n) is 6.08. The Hall–Kier alpha value is -1.80. The number of methoxy groups -OCH3 is 1. The van der Waals surface area contributed by atoms with Crippen molar-refractivity contribution >= 4 is 28.2 Å². The van der Waals surface area contributed by atoms with Crippen molar-refractivity contribution in [1.82, 2.24) is 14.3 Å². The number of benzene rings is 1. The van der Waals surface area contributed by atoms with E-state index in [1.165, 1.54) is 5.69 Å². The van der Waals surface area contributed by atoms with E-state index in [9.17, 15) is 0 Å². The molecule has 0 amide bonds. The first kappa shape index (κ1) is 20.5. The van der Waals surface area contributed by atoms with Crippen LogP contribution in [0.25, 0.3) is 5.65 Å². The lowest BCUT2D eigenvalue weighted by atomic mass is 10.2. The van der Waals surface area contributed by atoms with E-state index >= 15 is 0 Å². The molecule has 0 saturated carbocycles. The zero-order valence-electron chi connectivity index (χ0n) is 16.0. The van der Waals surface area contributed by atoms with Gasteiger partial charge >= 0.3 is 0 Å². The summed E-state index contributed by atoms with van der Waals surface area (Å²) >= 11 is 2.15. The SMILES string of the molecule is CI.COc1ccc(COc2cccn3c(CN(C)C)c(C)nc23)cc1. The van der Waals surface area contributed by atoms with Crippen LogP contribution in [0.3, 0.4) is 0 Å². The molecule has 0 radical (unpaired) electrons. The van der Waals surface area contributed by atoms with Gasteiger partial charge in [-0.05, 0) is 55.8 Å². The molecule has 0 aliphatic rings. The Bertz CT molecular complexity index is 829. The number of halogens is 1. The monoisotopic (exact) mass is 467 g/mol. The number of rotatable bonds is 6. The standard InChI is InChI=1S/C19H23N3O2.CH3I/c1-14-17(12-21(2)3)22-11-5-6-18(19(22)20-14)24-13-15-7-9-16(23-4)10-8-15;1-2/h5-11H,12-13H2,1-4H3;1H3. The summed E-state index contributed by atoms with van der Waals surface area (Å²) in [6, 6.07) is 11.9. The average Bonchev–Trinajstić information content (AvgIpc) is 2.98. The van der Waals surface area contributed by atoms with Crippen LogP contribution in [0.5, 0.6) is 11.5 Å². The summed E-state index contributed by atoms with van der Waals surface area (Å²) in [5, 5.41) is 0. The van der Waals surface area contributed by atoms with Crippen LogP contribution in [0.15, 0.2) is 42.6 Å². The second kappa shape index (κ2) is 9.78. The van der Waals surface area contributed by atoms with E-state index in [4.69, 9.17) is 14.5 Å². The molecule has 3 aromatic rings. The third kappa shape index (κ3) is 4.88. The Kier molecular flexibility index (Phi) is 7.71. The van der Waals surface area contributed by atoms with Crippen LogP contribution < -0.4 is 9.47 Å². The van der Waals surface area contributed by atoms with Crippen molar-refractivity contribution in [3.63, 3.8) is 0 Å². The number of nitrogens with zero attached hydrogens (tertiary/aromatic N) is 3. The molecule has 0 fully saturated rings. The van der Waals surface area contributed by atoms with Crippen molar-refractivity contribution in [2.45, 2.75) is 20.1 Å². The molecule has 140 valence electrons. The fraction of sp³-hybridized carbons (Fsp3) is 0.350. The zero-order chi connectivity index (χ0) is 19.1. The molecule has 26 heavy (non-hydrogen) atoms. The summed E-state index contributed by atoms with van der Waals surface area (Å²) in [5.74, 6) is 1.64. The van der Waals surface area contributed by atoms with Gasteiger partial charge in [0.05, 0.1) is 18.5 Å². The Labute approximate surface area is 169 Å². The number of ether oxygens (including phenoxy) is 2. The van der Waals surface area contributed by atoms with Crippen LogP contribution in [-0.4, -0.2) is 40.4 Å². The molecule has 0 saturated heterocycles. The minimum atomic E-state index is 0.499. The predicted molar refractivity (Wildman–Crippen MR) is 115 cm³/mol. The number of aromatic nitrogens is 2. The van der Waals surface area contributed by atoms with Gasteiger partial charge in [0, 0.05) is 12.7 Å². The van der Waals surface area contributed by atoms with Gasteiger partial charge in [-0.3, -0.25) is 4.40 Å². The van der Waals surface area contributed by atoms with Crippen molar-refractivity contribution < 1.29 is 9.47 Å². The van der Waals surface area contributed by atoms with Gasteiger partial charge in [-0.25, -0.2) is 4.98 Å². The largest absolute Gasteiger partial charge is 0.497 e. The number of alkyl halides is 1. The summed E-state index contributed by atoms with van der Waals surface area (Å²) in [6.45, 7) is 3.38. The molecule has 2 heterocycles. The van der Waals surface area contributed by atoms with Gasteiger partial charge in [-0.15, -0.1) is 0 Å². The number of aryl methyl sites for hydroxylation is 1. The summed E-state index contributed by atoms with van der Waals surface area (Å²) in [6.07, 6.45) is 2.04. The van der Waals surface area contributed by atoms with E-state index in [0.29, 0.717) is 6.61 Å². The summed E-state index contributed by atoms with van der Waals surface area (Å²) < 4.78 is 13.3. The normalized spacial score (nSPS) is 10.6. The lowest BCUT2D eigenvalue weighted by Crippen LogP contribution is -2.13. The molecule has 0 N–H and O–H groups in total. The average molecular weight is 467 g/mol. The van der Waals surface area contributed by atoms with Crippen molar-refractivity contribution in [3.8, 4) is 11.5 Å². The minimum absolute atomic E-state index is 0.499. The molecule has 2 aromatic heterocycles. The van der Waals surface area contributed by atoms with E-state index in [1.54, 1.807) is 7.11 Å². The predicted octanol–water partition coefficient (Wildman–Crippen LogP) is 4.34. The van der Waals surface area contributed by atoms with Crippen molar-refractivity contribution in [2.75, 3.05) is 26.1 Å². The van der Waals surface area contributed by atoms with Crippen LogP contribution in [0.4, 0.5) is 0 Å². The molecule has 1 aromatic carbocycles. The van der Waals surface area contributed by atoms with Gasteiger partial charge < -0.3 is 14.4 Å². The van der Waals surface area contributed by atoms with E-state index in [1.807, 2.05) is 54.4 Å². The Morgan fingerprint density at radius 3 is 2.42 bits per heavy atom. The van der Waals surface area contributed by atoms with Crippen molar-refractivity contribution in [2.24, 2.45) is 0 Å².